The quantitative estimate of drug-likeness (QED) is 0.654. The van der Waals surface area contributed by atoms with Crippen molar-refractivity contribution in [2.24, 2.45) is 5.41 Å². The molecule has 0 aliphatic carbocycles. The van der Waals surface area contributed by atoms with Crippen LogP contribution in [0.25, 0.3) is 6.08 Å². The molecule has 0 aromatic carbocycles. The van der Waals surface area contributed by atoms with E-state index in [0.717, 1.165) is 18.5 Å². The first-order valence-corrected chi connectivity index (χ1v) is 5.35. The number of nitrogens with zero attached hydrogens (tertiary/aromatic N) is 1. The van der Waals surface area contributed by atoms with Gasteiger partial charge in [-0.25, -0.2) is 0 Å². The van der Waals surface area contributed by atoms with Crippen molar-refractivity contribution in [3.8, 4) is 0 Å². The summed E-state index contributed by atoms with van der Waals surface area (Å²) in [4.78, 5) is 4.23. The van der Waals surface area contributed by atoms with Crippen LogP contribution < -0.4 is 0 Å². The van der Waals surface area contributed by atoms with Gasteiger partial charge in [0.1, 0.15) is 0 Å². The normalized spacial score (nSPS) is 11.9. The Labute approximate surface area is 92.6 Å². The topological polar surface area (TPSA) is 12.9 Å². The number of pyridine rings is 1. The molecule has 1 nitrogen and oxygen atoms in total. The van der Waals surface area contributed by atoms with Gasteiger partial charge in [0.25, 0.3) is 0 Å². The molecule has 0 saturated heterocycles. The number of hydrogen-bond acceptors (Lipinski definition) is 1. The van der Waals surface area contributed by atoms with Crippen molar-refractivity contribution < 1.29 is 0 Å². The maximum Gasteiger partial charge on any atom is 0.0626 e. The van der Waals surface area contributed by atoms with Gasteiger partial charge in [-0.1, -0.05) is 32.1 Å². The maximum atomic E-state index is 4.23. The standard InChI is InChI=1S/C14H19N/c1-4-14(2,3)11-7-5-9-13-10-6-8-12-15-13/h4-6,8-10,12H,1,7,11H2,2-3H3/b9-5+. The Morgan fingerprint density at radius 1 is 1.40 bits per heavy atom. The minimum absolute atomic E-state index is 0.231. The molecule has 0 N–H and O–H groups in total. The molecule has 15 heavy (non-hydrogen) atoms. The van der Waals surface area contributed by atoms with E-state index in [1.165, 1.54) is 0 Å². The predicted octanol–water partition coefficient (Wildman–Crippen LogP) is 4.09. The largest absolute Gasteiger partial charge is 0.257 e. The summed E-state index contributed by atoms with van der Waals surface area (Å²) in [7, 11) is 0. The summed E-state index contributed by atoms with van der Waals surface area (Å²) >= 11 is 0. The lowest BCUT2D eigenvalue weighted by atomic mass is 9.88. The van der Waals surface area contributed by atoms with Crippen LogP contribution in [-0.4, -0.2) is 4.98 Å². The lowest BCUT2D eigenvalue weighted by Crippen LogP contribution is -2.05. The molecule has 0 fully saturated rings. The van der Waals surface area contributed by atoms with Crippen molar-refractivity contribution in [1.29, 1.82) is 0 Å². The number of allylic oxidation sites excluding steroid dienone is 2. The van der Waals surface area contributed by atoms with Crippen molar-refractivity contribution in [3.05, 3.63) is 48.8 Å². The third-order valence-corrected chi connectivity index (χ3v) is 2.48. The fraction of sp³-hybridized carbons (Fsp3) is 0.357. The van der Waals surface area contributed by atoms with Crippen LogP contribution in [0.3, 0.4) is 0 Å². The lowest BCUT2D eigenvalue weighted by Gasteiger charge is -2.17. The summed E-state index contributed by atoms with van der Waals surface area (Å²) in [5.74, 6) is 0. The van der Waals surface area contributed by atoms with E-state index < -0.39 is 0 Å². The highest BCUT2D eigenvalue weighted by molar-refractivity contribution is 5.43. The minimum atomic E-state index is 0.231. The summed E-state index contributed by atoms with van der Waals surface area (Å²) < 4.78 is 0. The molecule has 0 spiro atoms. The molecule has 0 aliphatic rings. The van der Waals surface area contributed by atoms with Crippen LogP contribution in [0, 0.1) is 5.41 Å². The maximum absolute atomic E-state index is 4.23. The second kappa shape index (κ2) is 5.50. The average molecular weight is 201 g/mol. The van der Waals surface area contributed by atoms with Crippen molar-refractivity contribution in [1.82, 2.24) is 4.98 Å². The monoisotopic (exact) mass is 201 g/mol. The lowest BCUT2D eigenvalue weighted by molar-refractivity contribution is 0.444. The molecule has 1 rings (SSSR count). The zero-order valence-electron chi connectivity index (χ0n) is 9.61. The highest BCUT2D eigenvalue weighted by Crippen LogP contribution is 2.23. The van der Waals surface area contributed by atoms with Gasteiger partial charge < -0.3 is 0 Å². The van der Waals surface area contributed by atoms with Gasteiger partial charge >= 0.3 is 0 Å². The van der Waals surface area contributed by atoms with E-state index in [2.05, 4.69) is 37.6 Å². The van der Waals surface area contributed by atoms with E-state index in [0.29, 0.717) is 0 Å². The molecule has 80 valence electrons. The summed E-state index contributed by atoms with van der Waals surface area (Å²) in [6, 6.07) is 5.94. The third kappa shape index (κ3) is 4.59. The number of hydrogen-bond donors (Lipinski definition) is 0. The van der Waals surface area contributed by atoms with Crippen LogP contribution in [-0.2, 0) is 0 Å². The van der Waals surface area contributed by atoms with E-state index in [9.17, 15) is 0 Å². The SMILES string of the molecule is C=CC(C)(C)CC/C=C/c1ccccn1. The van der Waals surface area contributed by atoms with Crippen LogP contribution in [0.15, 0.2) is 43.1 Å². The number of aromatic nitrogens is 1. The van der Waals surface area contributed by atoms with Gasteiger partial charge in [0.15, 0.2) is 0 Å². The Balaban J connectivity index is 2.38. The van der Waals surface area contributed by atoms with Crippen LogP contribution in [0.1, 0.15) is 32.4 Å². The van der Waals surface area contributed by atoms with Gasteiger partial charge in [0, 0.05) is 6.20 Å². The van der Waals surface area contributed by atoms with Crippen LogP contribution in [0.2, 0.25) is 0 Å². The van der Waals surface area contributed by atoms with Gasteiger partial charge in [0.2, 0.25) is 0 Å². The molecular formula is C14H19N. The Hall–Kier alpha value is -1.37. The minimum Gasteiger partial charge on any atom is -0.257 e. The predicted molar refractivity (Wildman–Crippen MR) is 66.5 cm³/mol. The van der Waals surface area contributed by atoms with Crippen LogP contribution in [0.4, 0.5) is 0 Å². The van der Waals surface area contributed by atoms with Crippen molar-refractivity contribution in [3.63, 3.8) is 0 Å². The molecule has 0 saturated carbocycles. The number of rotatable bonds is 5. The first-order chi connectivity index (χ1) is 7.14. The first kappa shape index (κ1) is 11.7. The van der Waals surface area contributed by atoms with Gasteiger partial charge in [-0.15, -0.1) is 6.58 Å². The van der Waals surface area contributed by atoms with Crippen molar-refractivity contribution >= 4 is 6.08 Å². The zero-order valence-corrected chi connectivity index (χ0v) is 9.61. The zero-order chi connectivity index (χ0) is 11.1. The van der Waals surface area contributed by atoms with Crippen LogP contribution >= 0.6 is 0 Å². The highest BCUT2D eigenvalue weighted by Gasteiger charge is 2.10. The fourth-order valence-corrected chi connectivity index (χ4v) is 1.24. The van der Waals surface area contributed by atoms with E-state index in [4.69, 9.17) is 0 Å². The Morgan fingerprint density at radius 3 is 2.80 bits per heavy atom. The van der Waals surface area contributed by atoms with Crippen molar-refractivity contribution in [2.75, 3.05) is 0 Å². The van der Waals surface area contributed by atoms with Crippen LogP contribution in [0.5, 0.6) is 0 Å². The molecule has 1 heteroatoms. The molecule has 0 atom stereocenters. The second-order valence-corrected chi connectivity index (χ2v) is 4.39. The summed E-state index contributed by atoms with van der Waals surface area (Å²) in [6.07, 6.45) is 10.3. The smallest absolute Gasteiger partial charge is 0.0626 e. The van der Waals surface area contributed by atoms with E-state index >= 15 is 0 Å². The Bertz CT molecular complexity index is 322. The van der Waals surface area contributed by atoms with E-state index in [1.807, 2.05) is 30.5 Å². The summed E-state index contributed by atoms with van der Waals surface area (Å²) in [5, 5.41) is 0. The van der Waals surface area contributed by atoms with Gasteiger partial charge in [-0.05, 0) is 36.5 Å². The van der Waals surface area contributed by atoms with Gasteiger partial charge in [-0.3, -0.25) is 4.98 Å². The van der Waals surface area contributed by atoms with Crippen molar-refractivity contribution in [2.45, 2.75) is 26.7 Å². The fourth-order valence-electron chi connectivity index (χ4n) is 1.24. The van der Waals surface area contributed by atoms with Gasteiger partial charge in [0.05, 0.1) is 5.69 Å². The molecule has 1 aromatic heterocycles. The molecule has 1 aromatic rings. The Morgan fingerprint density at radius 2 is 2.20 bits per heavy atom. The Kier molecular flexibility index (Phi) is 4.29. The second-order valence-electron chi connectivity index (χ2n) is 4.39. The third-order valence-electron chi connectivity index (χ3n) is 2.48. The molecule has 0 bridgehead atoms. The molecular weight excluding hydrogens is 182 g/mol. The van der Waals surface area contributed by atoms with Gasteiger partial charge in [-0.2, -0.15) is 0 Å². The summed E-state index contributed by atoms with van der Waals surface area (Å²) in [5.41, 5.74) is 1.25. The molecule has 0 amide bonds. The van der Waals surface area contributed by atoms with E-state index in [-0.39, 0.29) is 5.41 Å². The first-order valence-electron chi connectivity index (χ1n) is 5.35. The molecule has 1 heterocycles. The molecule has 0 aliphatic heterocycles. The average Bonchev–Trinajstić information content (AvgIpc) is 2.26. The van der Waals surface area contributed by atoms with E-state index in [1.54, 1.807) is 0 Å². The molecule has 0 radical (unpaired) electrons. The molecule has 0 unspecified atom stereocenters. The summed E-state index contributed by atoms with van der Waals surface area (Å²) in [6.45, 7) is 8.24. The highest BCUT2D eigenvalue weighted by atomic mass is 14.6.